The Kier molecular flexibility index (Phi) is 1.70. The number of hydrogen-bond acceptors (Lipinski definition) is 1. The molecule has 0 saturated heterocycles. The van der Waals surface area contributed by atoms with Crippen LogP contribution in [0.2, 0.25) is 0 Å². The molecule has 2 nitrogen and oxygen atoms in total. The molecule has 1 aliphatic heterocycles. The van der Waals surface area contributed by atoms with E-state index in [1.165, 1.54) is 0 Å². The first-order valence-electron chi connectivity index (χ1n) is 3.62. The van der Waals surface area contributed by atoms with Gasteiger partial charge in [-0.25, -0.2) is 4.99 Å². The van der Waals surface area contributed by atoms with Crippen molar-refractivity contribution in [1.82, 2.24) is 0 Å². The number of hydrogen-bond donors (Lipinski definition) is 0. The third-order valence-corrected chi connectivity index (χ3v) is 2.02. The number of amides is 1. The van der Waals surface area contributed by atoms with Gasteiger partial charge in [0.05, 0.1) is 5.92 Å². The smallest absolute Gasteiger partial charge is 0.258 e. The Morgan fingerprint density at radius 2 is 2.25 bits per heavy atom. The molecule has 0 N–H and O–H groups in total. The van der Waals surface area contributed by atoms with E-state index >= 15 is 0 Å². The van der Waals surface area contributed by atoms with Crippen LogP contribution in [0.1, 0.15) is 0 Å². The Hall–Kier alpha value is -1.15. The second-order valence-electron chi connectivity index (χ2n) is 2.64. The van der Waals surface area contributed by atoms with Crippen LogP contribution in [-0.2, 0) is 4.79 Å². The quantitative estimate of drug-likeness (QED) is 0.558. The number of carbonyl (C=O) groups is 1. The zero-order valence-electron chi connectivity index (χ0n) is 6.20. The molecule has 3 heteroatoms. The lowest BCUT2D eigenvalue weighted by Crippen LogP contribution is -2.18. The summed E-state index contributed by atoms with van der Waals surface area (Å²) in [7, 11) is 0. The van der Waals surface area contributed by atoms with Crippen molar-refractivity contribution < 1.29 is 4.79 Å². The predicted molar refractivity (Wildman–Crippen MR) is 48.1 cm³/mol. The summed E-state index contributed by atoms with van der Waals surface area (Å²) in [6.07, 6.45) is 9.13. The summed E-state index contributed by atoms with van der Waals surface area (Å²) in [5.41, 5.74) is 0.919. The van der Waals surface area contributed by atoms with Crippen molar-refractivity contribution in [2.24, 2.45) is 10.9 Å². The van der Waals surface area contributed by atoms with Crippen LogP contribution in [0.15, 0.2) is 40.9 Å². The van der Waals surface area contributed by atoms with E-state index in [4.69, 9.17) is 11.6 Å². The zero-order chi connectivity index (χ0) is 8.55. The maximum absolute atomic E-state index is 11.2. The summed E-state index contributed by atoms with van der Waals surface area (Å²) in [5.74, 6) is -0.393. The highest BCUT2D eigenvalue weighted by Gasteiger charge is 2.23. The first kappa shape index (κ1) is 7.50. The highest BCUT2D eigenvalue weighted by molar-refractivity contribution is 6.69. The number of aliphatic imine (C=N–C) groups is 1. The molecule has 0 aromatic carbocycles. The van der Waals surface area contributed by atoms with Crippen LogP contribution in [0, 0.1) is 5.92 Å². The molecule has 1 unspecified atom stereocenters. The second kappa shape index (κ2) is 2.72. The van der Waals surface area contributed by atoms with Crippen molar-refractivity contribution in [1.29, 1.82) is 0 Å². The van der Waals surface area contributed by atoms with Gasteiger partial charge in [-0.3, -0.25) is 4.79 Å². The lowest BCUT2D eigenvalue weighted by atomic mass is 9.92. The van der Waals surface area contributed by atoms with Crippen molar-refractivity contribution >= 4 is 22.7 Å². The van der Waals surface area contributed by atoms with Gasteiger partial charge in [0.2, 0.25) is 0 Å². The van der Waals surface area contributed by atoms with Gasteiger partial charge in [-0.1, -0.05) is 35.9 Å². The van der Waals surface area contributed by atoms with Gasteiger partial charge in [0.15, 0.2) is 0 Å². The molecular formula is C9H6ClNO. The van der Waals surface area contributed by atoms with Gasteiger partial charge in [0.25, 0.3) is 5.91 Å². The highest BCUT2D eigenvalue weighted by atomic mass is 35.5. The third-order valence-electron chi connectivity index (χ3n) is 1.83. The van der Waals surface area contributed by atoms with Crippen LogP contribution in [0.3, 0.4) is 0 Å². The first-order chi connectivity index (χ1) is 5.77. The Balaban J connectivity index is 2.45. The first-order valence-corrected chi connectivity index (χ1v) is 3.99. The van der Waals surface area contributed by atoms with Crippen molar-refractivity contribution in [3.05, 3.63) is 36.0 Å². The van der Waals surface area contributed by atoms with Crippen molar-refractivity contribution in [3.8, 4) is 0 Å². The van der Waals surface area contributed by atoms with Gasteiger partial charge in [0, 0.05) is 0 Å². The lowest BCUT2D eigenvalue weighted by Gasteiger charge is -2.16. The molecular weight excluding hydrogens is 174 g/mol. The van der Waals surface area contributed by atoms with Crippen LogP contribution < -0.4 is 0 Å². The van der Waals surface area contributed by atoms with Crippen LogP contribution in [0.5, 0.6) is 0 Å². The number of dihydropyridines is 1. The molecule has 0 aromatic heterocycles. The minimum absolute atomic E-state index is 0.182. The molecule has 0 fully saturated rings. The van der Waals surface area contributed by atoms with Crippen molar-refractivity contribution in [2.75, 3.05) is 0 Å². The molecule has 60 valence electrons. The minimum Gasteiger partial charge on any atom is -0.271 e. The van der Waals surface area contributed by atoms with Crippen LogP contribution in [0.25, 0.3) is 0 Å². The van der Waals surface area contributed by atoms with E-state index in [-0.39, 0.29) is 17.0 Å². The summed E-state index contributed by atoms with van der Waals surface area (Å²) in [4.78, 5) is 14.9. The van der Waals surface area contributed by atoms with Gasteiger partial charge < -0.3 is 0 Å². The molecule has 1 heterocycles. The van der Waals surface area contributed by atoms with Gasteiger partial charge in [0.1, 0.15) is 5.17 Å². The monoisotopic (exact) mass is 179 g/mol. The minimum atomic E-state index is -0.211. The lowest BCUT2D eigenvalue weighted by molar-refractivity contribution is -0.119. The van der Waals surface area contributed by atoms with Gasteiger partial charge in [-0.15, -0.1) is 0 Å². The van der Waals surface area contributed by atoms with Crippen LogP contribution in [0.4, 0.5) is 0 Å². The molecule has 2 rings (SSSR count). The Bertz CT molecular complexity index is 350. The average Bonchev–Trinajstić information content (AvgIpc) is 2.04. The molecule has 1 amide bonds. The Morgan fingerprint density at radius 3 is 3.08 bits per heavy atom. The molecule has 1 aliphatic carbocycles. The molecule has 0 spiro atoms. The third kappa shape index (κ3) is 1.14. The fourth-order valence-electron chi connectivity index (χ4n) is 1.26. The van der Waals surface area contributed by atoms with E-state index in [9.17, 15) is 4.79 Å². The van der Waals surface area contributed by atoms with E-state index in [2.05, 4.69) is 4.99 Å². The maximum Gasteiger partial charge on any atom is 0.258 e. The largest absolute Gasteiger partial charge is 0.271 e. The highest BCUT2D eigenvalue weighted by Crippen LogP contribution is 2.24. The number of fused-ring (bicyclic) bond motifs is 1. The zero-order valence-corrected chi connectivity index (χ0v) is 6.95. The number of halogens is 1. The van der Waals surface area contributed by atoms with Crippen LogP contribution >= 0.6 is 11.6 Å². The summed E-state index contributed by atoms with van der Waals surface area (Å²) in [5, 5.41) is 0.270. The Morgan fingerprint density at radius 1 is 1.42 bits per heavy atom. The molecule has 1 atom stereocenters. The van der Waals surface area contributed by atoms with Crippen molar-refractivity contribution in [3.63, 3.8) is 0 Å². The number of carbonyl (C=O) groups excluding carboxylic acids is 1. The van der Waals surface area contributed by atoms with Gasteiger partial charge in [-0.05, 0) is 11.6 Å². The van der Waals surface area contributed by atoms with E-state index < -0.39 is 0 Å². The summed E-state index contributed by atoms with van der Waals surface area (Å²) in [6.45, 7) is 0. The average molecular weight is 180 g/mol. The van der Waals surface area contributed by atoms with Crippen molar-refractivity contribution in [2.45, 2.75) is 0 Å². The number of nitrogens with zero attached hydrogens (tertiary/aromatic N) is 1. The topological polar surface area (TPSA) is 29.4 Å². The van der Waals surface area contributed by atoms with Gasteiger partial charge >= 0.3 is 0 Å². The number of allylic oxidation sites excluding steroid dienone is 4. The fourth-order valence-corrected chi connectivity index (χ4v) is 1.47. The summed E-state index contributed by atoms with van der Waals surface area (Å²) in [6, 6.07) is 0. The van der Waals surface area contributed by atoms with E-state index in [1.54, 1.807) is 6.08 Å². The van der Waals surface area contributed by atoms with E-state index in [0.717, 1.165) is 5.57 Å². The summed E-state index contributed by atoms with van der Waals surface area (Å²) < 4.78 is 0. The predicted octanol–water partition coefficient (Wildman–Crippen LogP) is 1.83. The van der Waals surface area contributed by atoms with Gasteiger partial charge in [-0.2, -0.15) is 0 Å². The maximum atomic E-state index is 11.2. The summed E-state index contributed by atoms with van der Waals surface area (Å²) >= 11 is 5.63. The van der Waals surface area contributed by atoms with E-state index in [1.807, 2.05) is 24.3 Å². The normalized spacial score (nSPS) is 26.4. The molecule has 12 heavy (non-hydrogen) atoms. The molecule has 0 radical (unpaired) electrons. The molecule has 0 aromatic rings. The van der Waals surface area contributed by atoms with Crippen LogP contribution in [-0.4, -0.2) is 11.1 Å². The van der Waals surface area contributed by atoms with E-state index in [0.29, 0.717) is 0 Å². The Labute approximate surface area is 74.9 Å². The second-order valence-corrected chi connectivity index (χ2v) is 3.03. The SMILES string of the molecule is O=C1N=C(Cl)C=C2C=CC=CC12. The standard InChI is InChI=1S/C9H6ClNO/c10-8-5-6-3-1-2-4-7(6)9(12)11-8/h1-5,7H. The fraction of sp³-hybridized carbons (Fsp3) is 0.111. The molecule has 2 aliphatic rings. The number of rotatable bonds is 0. The molecule has 0 saturated carbocycles. The molecule has 0 bridgehead atoms.